The molecule has 0 unspecified atom stereocenters. The lowest BCUT2D eigenvalue weighted by Crippen LogP contribution is -2.45. The van der Waals surface area contributed by atoms with Gasteiger partial charge in [0.25, 0.3) is 0 Å². The topological polar surface area (TPSA) is 99.6 Å². The zero-order valence-corrected chi connectivity index (χ0v) is 39.5. The van der Waals surface area contributed by atoms with Crippen molar-refractivity contribution >= 4 is 41.1 Å². The van der Waals surface area contributed by atoms with Gasteiger partial charge in [-0.15, -0.1) is 23.5 Å². The summed E-state index contributed by atoms with van der Waals surface area (Å²) in [5, 5.41) is 0. The van der Waals surface area contributed by atoms with E-state index < -0.39 is 17.6 Å². The summed E-state index contributed by atoms with van der Waals surface area (Å²) in [5.74, 6) is 2.21. The number of hydrogen-bond acceptors (Lipinski definition) is 12. The minimum atomic E-state index is -2.53. The summed E-state index contributed by atoms with van der Waals surface area (Å²) < 4.78 is 47.5. The third-order valence-corrected chi connectivity index (χ3v) is 17.3. The third-order valence-electron chi connectivity index (χ3n) is 8.86. The van der Waals surface area contributed by atoms with E-state index in [0.717, 1.165) is 99.9 Å². The van der Waals surface area contributed by atoms with E-state index in [9.17, 15) is 0 Å². The number of unbranched alkanes of at least 4 members (excludes halogenated alkanes) is 8. The number of thioether (sulfide) groups is 2. The van der Waals surface area contributed by atoms with Crippen molar-refractivity contribution < 1.29 is 36.0 Å². The standard InChI is InChI=1S/C42H76N2O8S2Si2/c1-7-47-55(48-8-2,49-9-3)35-23-19-31-45-29-17-13-15-21-33-53-39-25-27-43-41(37-39)42-38-40(26-28-44-42)54-34-22-16-14-18-30-46-32-20-24-36-56(50-10-4,51-11-5)52-12-6/h25-28,37-38H,7-24,29-36H2,1-6H3. The smallest absolute Gasteiger partial charge is 0.381 e. The predicted octanol–water partition coefficient (Wildman–Crippen LogP) is 11.1. The van der Waals surface area contributed by atoms with Gasteiger partial charge in [-0.25, -0.2) is 0 Å². The molecule has 0 saturated carbocycles. The molecule has 2 aromatic rings. The quantitative estimate of drug-likeness (QED) is 0.0363. The van der Waals surface area contributed by atoms with Gasteiger partial charge in [-0.05, 0) is 129 Å². The molecule has 0 aromatic carbocycles. The van der Waals surface area contributed by atoms with Crippen molar-refractivity contribution in [2.75, 3.05) is 77.6 Å². The van der Waals surface area contributed by atoms with Crippen LogP contribution >= 0.6 is 23.5 Å². The number of hydrogen-bond donors (Lipinski definition) is 0. The van der Waals surface area contributed by atoms with Crippen molar-refractivity contribution in [2.24, 2.45) is 0 Å². The second-order valence-corrected chi connectivity index (χ2v) is 21.2. The molecule has 56 heavy (non-hydrogen) atoms. The van der Waals surface area contributed by atoms with E-state index in [2.05, 4.69) is 34.2 Å². The summed E-state index contributed by atoms with van der Waals surface area (Å²) in [7, 11) is -5.06. The van der Waals surface area contributed by atoms with E-state index >= 15 is 0 Å². The zero-order valence-electron chi connectivity index (χ0n) is 35.8. The largest absolute Gasteiger partial charge is 0.500 e. The fourth-order valence-corrected chi connectivity index (χ4v) is 13.5. The van der Waals surface area contributed by atoms with Crippen LogP contribution in [-0.4, -0.2) is 105 Å². The van der Waals surface area contributed by atoms with Crippen molar-refractivity contribution in [3.8, 4) is 11.4 Å². The average Bonchev–Trinajstić information content (AvgIpc) is 3.19. The molecule has 0 saturated heterocycles. The fraction of sp³-hybridized carbons (Fsp3) is 0.762. The Hall–Kier alpha value is -0.886. The van der Waals surface area contributed by atoms with Crippen molar-refractivity contribution in [2.45, 2.75) is 140 Å². The Labute approximate surface area is 351 Å². The number of nitrogens with zero attached hydrogens (tertiary/aromatic N) is 2. The highest BCUT2D eigenvalue weighted by atomic mass is 32.2. The van der Waals surface area contributed by atoms with Gasteiger partial charge in [0, 0.05) is 100 Å². The van der Waals surface area contributed by atoms with E-state index in [0.29, 0.717) is 39.6 Å². The Morgan fingerprint density at radius 1 is 0.429 bits per heavy atom. The molecule has 0 amide bonds. The molecule has 0 fully saturated rings. The van der Waals surface area contributed by atoms with Crippen LogP contribution in [0.5, 0.6) is 0 Å². The minimum Gasteiger partial charge on any atom is -0.381 e. The normalized spacial score (nSPS) is 12.2. The minimum absolute atomic E-state index is 0.627. The highest BCUT2D eigenvalue weighted by Crippen LogP contribution is 2.27. The van der Waals surface area contributed by atoms with Gasteiger partial charge in [0.2, 0.25) is 0 Å². The molecule has 2 aromatic heterocycles. The average molecular weight is 857 g/mol. The van der Waals surface area contributed by atoms with Crippen LogP contribution in [0, 0.1) is 0 Å². The molecule has 14 heteroatoms. The first-order valence-corrected chi connectivity index (χ1v) is 27.5. The summed E-state index contributed by atoms with van der Waals surface area (Å²) in [6, 6.07) is 10.3. The number of rotatable bonds is 39. The van der Waals surface area contributed by atoms with Crippen LogP contribution < -0.4 is 0 Å². The maximum atomic E-state index is 5.95. The molecule has 0 aliphatic rings. The van der Waals surface area contributed by atoms with Gasteiger partial charge in [0.05, 0.1) is 11.4 Å². The van der Waals surface area contributed by atoms with Gasteiger partial charge in [0.15, 0.2) is 0 Å². The van der Waals surface area contributed by atoms with Gasteiger partial charge in [-0.2, -0.15) is 0 Å². The lowest BCUT2D eigenvalue weighted by Gasteiger charge is -2.28. The summed E-state index contributed by atoms with van der Waals surface area (Å²) >= 11 is 3.81. The highest BCUT2D eigenvalue weighted by Gasteiger charge is 2.40. The molecule has 0 N–H and O–H groups in total. The van der Waals surface area contributed by atoms with E-state index in [1.807, 2.05) is 77.5 Å². The Balaban J connectivity index is 1.53. The van der Waals surface area contributed by atoms with E-state index in [-0.39, 0.29) is 0 Å². The Bertz CT molecular complexity index is 1100. The van der Waals surface area contributed by atoms with Crippen molar-refractivity contribution in [1.82, 2.24) is 9.97 Å². The molecular weight excluding hydrogens is 781 g/mol. The van der Waals surface area contributed by atoms with Crippen molar-refractivity contribution in [3.63, 3.8) is 0 Å². The Kier molecular flexibility index (Phi) is 31.0. The molecule has 0 spiro atoms. The maximum absolute atomic E-state index is 5.95. The first kappa shape index (κ1) is 51.3. The van der Waals surface area contributed by atoms with Crippen LogP contribution in [-0.2, 0) is 36.0 Å². The van der Waals surface area contributed by atoms with Crippen LogP contribution in [0.1, 0.15) is 119 Å². The highest BCUT2D eigenvalue weighted by molar-refractivity contribution is 7.99. The first-order chi connectivity index (χ1) is 27.5. The molecular formula is C42H76N2O8S2Si2. The monoisotopic (exact) mass is 856 g/mol. The van der Waals surface area contributed by atoms with Crippen LogP contribution in [0.25, 0.3) is 11.4 Å². The number of ether oxygens (including phenoxy) is 2. The van der Waals surface area contributed by atoms with E-state index in [1.165, 1.54) is 48.3 Å². The van der Waals surface area contributed by atoms with E-state index in [4.69, 9.17) is 36.0 Å². The molecule has 322 valence electrons. The fourth-order valence-electron chi connectivity index (χ4n) is 6.28. The van der Waals surface area contributed by atoms with Gasteiger partial charge < -0.3 is 36.0 Å². The van der Waals surface area contributed by atoms with Crippen LogP contribution in [0.4, 0.5) is 0 Å². The second kappa shape index (κ2) is 33.9. The van der Waals surface area contributed by atoms with Gasteiger partial charge in [-0.3, -0.25) is 9.97 Å². The molecule has 0 atom stereocenters. The Morgan fingerprint density at radius 2 is 0.750 bits per heavy atom. The van der Waals surface area contributed by atoms with Crippen molar-refractivity contribution in [1.29, 1.82) is 0 Å². The van der Waals surface area contributed by atoms with Gasteiger partial charge in [0.1, 0.15) is 0 Å². The van der Waals surface area contributed by atoms with Crippen LogP contribution in [0.3, 0.4) is 0 Å². The maximum Gasteiger partial charge on any atom is 0.500 e. The molecule has 10 nitrogen and oxygen atoms in total. The van der Waals surface area contributed by atoms with Gasteiger partial charge >= 0.3 is 17.6 Å². The molecule has 0 radical (unpaired) electrons. The third kappa shape index (κ3) is 23.0. The lowest BCUT2D eigenvalue weighted by molar-refractivity contribution is 0.0684. The van der Waals surface area contributed by atoms with Crippen molar-refractivity contribution in [3.05, 3.63) is 36.7 Å². The molecule has 2 rings (SSSR count). The SMILES string of the molecule is CCO[Si](CCCCOCCCCCCSc1ccnc(-c2cc(SCCCCCCOCCCC[Si](OCC)(OCC)OCC)ccn2)c1)(OCC)OCC. The van der Waals surface area contributed by atoms with Crippen LogP contribution in [0.15, 0.2) is 46.5 Å². The van der Waals surface area contributed by atoms with Crippen LogP contribution in [0.2, 0.25) is 12.1 Å². The summed E-state index contributed by atoms with van der Waals surface area (Å²) in [5.41, 5.74) is 1.88. The Morgan fingerprint density at radius 3 is 1.09 bits per heavy atom. The zero-order chi connectivity index (χ0) is 40.4. The van der Waals surface area contributed by atoms with E-state index in [1.54, 1.807) is 0 Å². The lowest BCUT2D eigenvalue weighted by atomic mass is 10.2. The summed E-state index contributed by atoms with van der Waals surface area (Å²) in [6.45, 7) is 19.0. The second-order valence-electron chi connectivity index (χ2n) is 13.4. The molecule has 0 aliphatic heterocycles. The molecule has 0 aliphatic carbocycles. The van der Waals surface area contributed by atoms with Gasteiger partial charge in [-0.1, -0.05) is 25.7 Å². The summed E-state index contributed by atoms with van der Waals surface area (Å²) in [6.07, 6.45) is 17.3. The molecule has 0 bridgehead atoms. The predicted molar refractivity (Wildman–Crippen MR) is 237 cm³/mol. The summed E-state index contributed by atoms with van der Waals surface area (Å²) in [4.78, 5) is 11.8. The molecule has 2 heterocycles. The number of aromatic nitrogens is 2. The first-order valence-electron chi connectivity index (χ1n) is 21.7. The number of pyridine rings is 2.